The topological polar surface area (TPSA) is 26.3 Å². The molecule has 0 atom stereocenters. The number of esters is 1. The molecule has 0 aromatic heterocycles. The maximum atomic E-state index is 11.9. The first-order valence-electron chi connectivity index (χ1n) is 7.05. The molecule has 0 saturated heterocycles. The van der Waals surface area contributed by atoms with E-state index in [9.17, 15) is 4.79 Å². The Morgan fingerprint density at radius 3 is 2.50 bits per heavy atom. The minimum absolute atomic E-state index is 0.243. The molecule has 0 aliphatic heterocycles. The van der Waals surface area contributed by atoms with E-state index in [2.05, 4.69) is 38.1 Å². The van der Waals surface area contributed by atoms with Gasteiger partial charge in [-0.25, -0.2) is 4.79 Å². The van der Waals surface area contributed by atoms with E-state index in [1.165, 1.54) is 5.56 Å². The summed E-state index contributed by atoms with van der Waals surface area (Å²) in [7, 11) is 0. The summed E-state index contributed by atoms with van der Waals surface area (Å²) in [5.41, 5.74) is 3.98. The Bertz CT molecular complexity index is 570. The van der Waals surface area contributed by atoms with E-state index in [1.807, 2.05) is 18.2 Å². The van der Waals surface area contributed by atoms with Gasteiger partial charge < -0.3 is 4.74 Å². The van der Waals surface area contributed by atoms with Gasteiger partial charge in [-0.1, -0.05) is 55.3 Å². The molecule has 0 aliphatic rings. The minimum Gasteiger partial charge on any atom is -0.462 e. The number of aryl methyl sites for hydroxylation is 1. The molecular weight excluding hydrogens is 248 g/mol. The Labute approximate surface area is 120 Å². The highest BCUT2D eigenvalue weighted by atomic mass is 16.5. The second-order valence-corrected chi connectivity index (χ2v) is 4.94. The molecule has 104 valence electrons. The molecule has 0 heterocycles. The van der Waals surface area contributed by atoms with Gasteiger partial charge in [0.15, 0.2) is 0 Å². The molecule has 0 spiro atoms. The first-order chi connectivity index (χ1) is 9.70. The summed E-state index contributed by atoms with van der Waals surface area (Å²) in [5, 5.41) is 0. The van der Waals surface area contributed by atoms with Crippen molar-refractivity contribution in [3.05, 3.63) is 59.7 Å². The third kappa shape index (κ3) is 3.70. The normalized spacial score (nSPS) is 10.3. The summed E-state index contributed by atoms with van der Waals surface area (Å²) in [5.74, 6) is -0.243. The van der Waals surface area contributed by atoms with Gasteiger partial charge in [-0.2, -0.15) is 0 Å². The molecular formula is C18H20O2. The van der Waals surface area contributed by atoms with Crippen molar-refractivity contribution < 1.29 is 9.53 Å². The summed E-state index contributed by atoms with van der Waals surface area (Å²) in [4.78, 5) is 11.9. The predicted octanol–water partition coefficient (Wildman–Crippen LogP) is 4.62. The molecule has 2 heteroatoms. The van der Waals surface area contributed by atoms with E-state index in [0.717, 1.165) is 24.0 Å². The van der Waals surface area contributed by atoms with Gasteiger partial charge in [0.2, 0.25) is 0 Å². The maximum absolute atomic E-state index is 11.9. The quantitative estimate of drug-likeness (QED) is 0.584. The Morgan fingerprint density at radius 2 is 1.80 bits per heavy atom. The molecule has 0 aliphatic carbocycles. The number of ether oxygens (including phenoxy) is 1. The highest BCUT2D eigenvalue weighted by Gasteiger charge is 2.08. The molecule has 20 heavy (non-hydrogen) atoms. The number of carbonyl (C=O) groups excluding carboxylic acids is 1. The summed E-state index contributed by atoms with van der Waals surface area (Å²) in [6.07, 6.45) is 1.93. The highest BCUT2D eigenvalue weighted by molar-refractivity contribution is 5.91. The Balaban J connectivity index is 2.15. The fourth-order valence-corrected chi connectivity index (χ4v) is 1.96. The molecule has 2 aromatic carbocycles. The molecule has 0 amide bonds. The first kappa shape index (κ1) is 14.3. The van der Waals surface area contributed by atoms with Crippen LogP contribution in [0.15, 0.2) is 48.5 Å². The summed E-state index contributed by atoms with van der Waals surface area (Å²) >= 11 is 0. The lowest BCUT2D eigenvalue weighted by molar-refractivity contribution is 0.0500. The Hall–Kier alpha value is -2.09. The zero-order chi connectivity index (χ0) is 14.4. The second-order valence-electron chi connectivity index (χ2n) is 4.94. The number of unbranched alkanes of at least 4 members (excludes halogenated alkanes) is 1. The van der Waals surface area contributed by atoms with Crippen molar-refractivity contribution in [2.45, 2.75) is 26.7 Å². The van der Waals surface area contributed by atoms with Crippen LogP contribution in [0, 0.1) is 6.92 Å². The summed E-state index contributed by atoms with van der Waals surface area (Å²) in [6, 6.07) is 15.9. The van der Waals surface area contributed by atoms with Crippen molar-refractivity contribution in [1.29, 1.82) is 0 Å². The van der Waals surface area contributed by atoms with Gasteiger partial charge in [-0.05, 0) is 36.6 Å². The van der Waals surface area contributed by atoms with E-state index in [4.69, 9.17) is 4.74 Å². The average Bonchev–Trinajstić information content (AvgIpc) is 2.48. The van der Waals surface area contributed by atoms with Crippen molar-refractivity contribution in [2.75, 3.05) is 6.61 Å². The lowest BCUT2D eigenvalue weighted by Gasteiger charge is -2.07. The number of benzene rings is 2. The van der Waals surface area contributed by atoms with Crippen LogP contribution in [0.1, 0.15) is 35.7 Å². The highest BCUT2D eigenvalue weighted by Crippen LogP contribution is 2.21. The third-order valence-electron chi connectivity index (χ3n) is 3.21. The SMILES string of the molecule is CCCCOC(=O)c1cccc(-c2ccc(C)cc2)c1. The van der Waals surface area contributed by atoms with Crippen LogP contribution in [0.25, 0.3) is 11.1 Å². The van der Waals surface area contributed by atoms with E-state index < -0.39 is 0 Å². The maximum Gasteiger partial charge on any atom is 0.338 e. The van der Waals surface area contributed by atoms with Crippen molar-refractivity contribution in [3.63, 3.8) is 0 Å². The lowest BCUT2D eigenvalue weighted by Crippen LogP contribution is -2.06. The zero-order valence-corrected chi connectivity index (χ0v) is 12.1. The van der Waals surface area contributed by atoms with Crippen molar-refractivity contribution in [1.82, 2.24) is 0 Å². The zero-order valence-electron chi connectivity index (χ0n) is 12.1. The van der Waals surface area contributed by atoms with E-state index >= 15 is 0 Å². The van der Waals surface area contributed by atoms with Gasteiger partial charge in [0.05, 0.1) is 12.2 Å². The number of hydrogen-bond acceptors (Lipinski definition) is 2. The van der Waals surface area contributed by atoms with Crippen LogP contribution in [0.5, 0.6) is 0 Å². The van der Waals surface area contributed by atoms with Crippen molar-refractivity contribution in [3.8, 4) is 11.1 Å². The number of hydrogen-bond donors (Lipinski definition) is 0. The van der Waals surface area contributed by atoms with Crippen LogP contribution in [0.2, 0.25) is 0 Å². The molecule has 0 N–H and O–H groups in total. The van der Waals surface area contributed by atoms with Gasteiger partial charge in [0.1, 0.15) is 0 Å². The number of rotatable bonds is 5. The first-order valence-corrected chi connectivity index (χ1v) is 7.05. The minimum atomic E-state index is -0.243. The summed E-state index contributed by atoms with van der Waals surface area (Å²) < 4.78 is 5.24. The molecule has 2 rings (SSSR count). The van der Waals surface area contributed by atoms with Gasteiger partial charge in [0, 0.05) is 0 Å². The van der Waals surface area contributed by atoms with Gasteiger partial charge >= 0.3 is 5.97 Å². The van der Waals surface area contributed by atoms with Crippen LogP contribution >= 0.6 is 0 Å². The van der Waals surface area contributed by atoms with Crippen LogP contribution in [-0.4, -0.2) is 12.6 Å². The number of carbonyl (C=O) groups is 1. The molecule has 0 unspecified atom stereocenters. The van der Waals surface area contributed by atoms with Gasteiger partial charge in [-0.3, -0.25) is 0 Å². The van der Waals surface area contributed by atoms with Crippen LogP contribution < -0.4 is 0 Å². The van der Waals surface area contributed by atoms with Gasteiger partial charge in [0.25, 0.3) is 0 Å². The Morgan fingerprint density at radius 1 is 1.05 bits per heavy atom. The van der Waals surface area contributed by atoms with Crippen LogP contribution in [-0.2, 0) is 4.74 Å². The molecule has 0 fully saturated rings. The van der Waals surface area contributed by atoms with Crippen LogP contribution in [0.3, 0.4) is 0 Å². The second kappa shape index (κ2) is 6.90. The lowest BCUT2D eigenvalue weighted by atomic mass is 10.0. The monoisotopic (exact) mass is 268 g/mol. The largest absolute Gasteiger partial charge is 0.462 e. The summed E-state index contributed by atoms with van der Waals surface area (Å²) in [6.45, 7) is 4.63. The van der Waals surface area contributed by atoms with Crippen molar-refractivity contribution in [2.24, 2.45) is 0 Å². The van der Waals surface area contributed by atoms with Crippen molar-refractivity contribution >= 4 is 5.97 Å². The molecule has 0 bridgehead atoms. The Kier molecular flexibility index (Phi) is 4.94. The molecule has 2 aromatic rings. The van der Waals surface area contributed by atoms with Crippen LogP contribution in [0.4, 0.5) is 0 Å². The fraction of sp³-hybridized carbons (Fsp3) is 0.278. The molecule has 2 nitrogen and oxygen atoms in total. The smallest absolute Gasteiger partial charge is 0.338 e. The van der Waals surface area contributed by atoms with E-state index in [1.54, 1.807) is 6.07 Å². The molecule has 0 radical (unpaired) electrons. The standard InChI is InChI=1S/C18H20O2/c1-3-4-12-20-18(19)17-7-5-6-16(13-17)15-10-8-14(2)9-11-15/h5-11,13H,3-4,12H2,1-2H3. The third-order valence-corrected chi connectivity index (χ3v) is 3.21. The average molecular weight is 268 g/mol. The van der Waals surface area contributed by atoms with E-state index in [0.29, 0.717) is 12.2 Å². The van der Waals surface area contributed by atoms with Gasteiger partial charge in [-0.15, -0.1) is 0 Å². The fourth-order valence-electron chi connectivity index (χ4n) is 1.96. The van der Waals surface area contributed by atoms with E-state index in [-0.39, 0.29) is 5.97 Å². The predicted molar refractivity (Wildman–Crippen MR) is 81.8 cm³/mol. The molecule has 0 saturated carbocycles.